The van der Waals surface area contributed by atoms with Gasteiger partial charge in [0.1, 0.15) is 0 Å². The Morgan fingerprint density at radius 3 is 2.50 bits per heavy atom. The molecule has 0 saturated heterocycles. The topological polar surface area (TPSA) is 102 Å². The van der Waals surface area contributed by atoms with Crippen LogP contribution in [-0.2, 0) is 19.6 Å². The number of para-hydroxylation sites is 1. The molecule has 0 aliphatic rings. The number of hydrogen-bond acceptors (Lipinski definition) is 5. The van der Waals surface area contributed by atoms with Gasteiger partial charge in [0.2, 0.25) is 15.9 Å². The molecule has 0 fully saturated rings. The summed E-state index contributed by atoms with van der Waals surface area (Å²) >= 11 is 5.88. The Bertz CT molecular complexity index is 944. The van der Waals surface area contributed by atoms with Gasteiger partial charge in [-0.25, -0.2) is 17.9 Å². The van der Waals surface area contributed by atoms with E-state index in [1.807, 2.05) is 0 Å². The third kappa shape index (κ3) is 4.81. The Labute approximate surface area is 156 Å². The van der Waals surface area contributed by atoms with Crippen molar-refractivity contribution in [1.29, 1.82) is 0 Å². The monoisotopic (exact) mass is 396 g/mol. The molecule has 2 aromatic rings. The van der Waals surface area contributed by atoms with E-state index in [1.165, 1.54) is 37.4 Å². The third-order valence-corrected chi connectivity index (χ3v) is 5.29. The quantitative estimate of drug-likeness (QED) is 0.730. The van der Waals surface area contributed by atoms with Crippen molar-refractivity contribution in [3.63, 3.8) is 0 Å². The SMILES string of the molecule is COC(=O)c1ccccc1NC(=O)CNS(=O)(=O)c1ccc(Cl)c(C)c1. The first-order valence-electron chi connectivity index (χ1n) is 7.47. The van der Waals surface area contributed by atoms with E-state index in [9.17, 15) is 18.0 Å². The molecule has 7 nitrogen and oxygen atoms in total. The van der Waals surface area contributed by atoms with Crippen LogP contribution in [-0.4, -0.2) is 33.9 Å². The van der Waals surface area contributed by atoms with E-state index in [4.69, 9.17) is 11.6 Å². The number of sulfonamides is 1. The number of anilines is 1. The summed E-state index contributed by atoms with van der Waals surface area (Å²) in [5, 5.41) is 2.93. The summed E-state index contributed by atoms with van der Waals surface area (Å²) < 4.78 is 31.4. The standard InChI is InChI=1S/C17H17ClN2O5S/c1-11-9-12(7-8-14(11)18)26(23,24)19-10-16(21)20-15-6-4-3-5-13(15)17(22)25-2/h3-9,19H,10H2,1-2H3,(H,20,21). The maximum absolute atomic E-state index is 12.3. The maximum atomic E-state index is 12.3. The summed E-state index contributed by atoms with van der Waals surface area (Å²) in [6, 6.07) is 10.5. The first kappa shape index (κ1) is 19.9. The zero-order chi connectivity index (χ0) is 19.3. The van der Waals surface area contributed by atoms with Gasteiger partial charge in [-0.2, -0.15) is 0 Å². The van der Waals surface area contributed by atoms with Crippen molar-refractivity contribution in [3.8, 4) is 0 Å². The largest absolute Gasteiger partial charge is 0.465 e. The van der Waals surface area contributed by atoms with Crippen LogP contribution in [0, 0.1) is 6.92 Å². The lowest BCUT2D eigenvalue weighted by Gasteiger charge is -2.11. The van der Waals surface area contributed by atoms with Gasteiger partial charge in [-0.05, 0) is 42.8 Å². The minimum Gasteiger partial charge on any atom is -0.465 e. The number of ether oxygens (including phenoxy) is 1. The van der Waals surface area contributed by atoms with Crippen molar-refractivity contribution in [2.45, 2.75) is 11.8 Å². The lowest BCUT2D eigenvalue weighted by Crippen LogP contribution is -2.33. The second-order valence-electron chi connectivity index (χ2n) is 5.32. The van der Waals surface area contributed by atoms with Gasteiger partial charge in [-0.15, -0.1) is 0 Å². The van der Waals surface area contributed by atoms with Gasteiger partial charge in [0, 0.05) is 5.02 Å². The minimum atomic E-state index is -3.88. The molecule has 2 rings (SSSR count). The Morgan fingerprint density at radius 2 is 1.85 bits per heavy atom. The van der Waals surface area contributed by atoms with Crippen LogP contribution in [0.3, 0.4) is 0 Å². The van der Waals surface area contributed by atoms with Crippen molar-refractivity contribution in [1.82, 2.24) is 4.72 Å². The Morgan fingerprint density at radius 1 is 1.15 bits per heavy atom. The van der Waals surface area contributed by atoms with Crippen LogP contribution in [0.2, 0.25) is 5.02 Å². The van der Waals surface area contributed by atoms with Gasteiger partial charge in [-0.3, -0.25) is 4.79 Å². The molecule has 0 spiro atoms. The second-order valence-corrected chi connectivity index (χ2v) is 7.50. The average Bonchev–Trinajstić information content (AvgIpc) is 2.62. The number of carbonyl (C=O) groups is 2. The lowest BCUT2D eigenvalue weighted by molar-refractivity contribution is -0.115. The van der Waals surface area contributed by atoms with Crippen LogP contribution >= 0.6 is 11.6 Å². The fraction of sp³-hybridized carbons (Fsp3) is 0.176. The van der Waals surface area contributed by atoms with Crippen LogP contribution in [0.1, 0.15) is 15.9 Å². The number of carbonyl (C=O) groups excluding carboxylic acids is 2. The molecule has 1 amide bonds. The van der Waals surface area contributed by atoms with E-state index in [0.717, 1.165) is 0 Å². The van der Waals surface area contributed by atoms with Crippen molar-refractivity contribution < 1.29 is 22.7 Å². The average molecular weight is 397 g/mol. The van der Waals surface area contributed by atoms with Crippen molar-refractivity contribution in [3.05, 3.63) is 58.6 Å². The van der Waals surface area contributed by atoms with Crippen molar-refractivity contribution in [2.24, 2.45) is 0 Å². The zero-order valence-electron chi connectivity index (χ0n) is 14.1. The van der Waals surface area contributed by atoms with Gasteiger partial charge >= 0.3 is 5.97 Å². The third-order valence-electron chi connectivity index (χ3n) is 3.47. The number of benzene rings is 2. The van der Waals surface area contributed by atoms with Gasteiger partial charge in [0.05, 0.1) is 29.8 Å². The van der Waals surface area contributed by atoms with Crippen LogP contribution < -0.4 is 10.0 Å². The summed E-state index contributed by atoms with van der Waals surface area (Å²) in [4.78, 5) is 23.7. The number of aryl methyl sites for hydroxylation is 1. The number of esters is 1. The summed E-state index contributed by atoms with van der Waals surface area (Å²) in [7, 11) is -2.65. The van der Waals surface area contributed by atoms with Crippen molar-refractivity contribution >= 4 is 39.2 Å². The zero-order valence-corrected chi connectivity index (χ0v) is 15.6. The molecule has 138 valence electrons. The maximum Gasteiger partial charge on any atom is 0.339 e. The Balaban J connectivity index is 2.07. The van der Waals surface area contributed by atoms with Gasteiger partial charge < -0.3 is 10.1 Å². The first-order valence-corrected chi connectivity index (χ1v) is 9.33. The molecule has 2 N–H and O–H groups in total. The summed E-state index contributed by atoms with van der Waals surface area (Å²) in [5.74, 6) is -1.24. The molecule has 0 aliphatic carbocycles. The molecule has 0 heterocycles. The van der Waals surface area contributed by atoms with Crippen molar-refractivity contribution in [2.75, 3.05) is 19.0 Å². The number of amides is 1. The number of halogens is 1. The van der Waals surface area contributed by atoms with Crippen LogP contribution in [0.15, 0.2) is 47.4 Å². The molecule has 0 unspecified atom stereocenters. The summed E-state index contributed by atoms with van der Waals surface area (Å²) in [5.41, 5.74) is 0.997. The van der Waals surface area contributed by atoms with Crippen LogP contribution in [0.25, 0.3) is 0 Å². The number of rotatable bonds is 6. The molecule has 0 aromatic heterocycles. The number of hydrogen-bond donors (Lipinski definition) is 2. The smallest absolute Gasteiger partial charge is 0.339 e. The second kappa shape index (κ2) is 8.31. The fourth-order valence-electron chi connectivity index (χ4n) is 2.10. The van der Waals surface area contributed by atoms with Crippen LogP contribution in [0.4, 0.5) is 5.69 Å². The fourth-order valence-corrected chi connectivity index (χ4v) is 3.29. The van der Waals surface area contributed by atoms with E-state index in [0.29, 0.717) is 10.6 Å². The van der Waals surface area contributed by atoms with E-state index in [1.54, 1.807) is 19.1 Å². The Kier molecular flexibility index (Phi) is 6.36. The molecule has 26 heavy (non-hydrogen) atoms. The van der Waals surface area contributed by atoms with E-state index < -0.39 is 28.4 Å². The number of nitrogens with one attached hydrogen (secondary N) is 2. The lowest BCUT2D eigenvalue weighted by atomic mass is 10.2. The van der Waals surface area contributed by atoms with Gasteiger partial charge in [0.15, 0.2) is 0 Å². The normalized spacial score (nSPS) is 11.0. The highest BCUT2D eigenvalue weighted by molar-refractivity contribution is 7.89. The molecule has 0 radical (unpaired) electrons. The molecule has 2 aromatic carbocycles. The highest BCUT2D eigenvalue weighted by Crippen LogP contribution is 2.19. The molecular weight excluding hydrogens is 380 g/mol. The molecule has 0 atom stereocenters. The van der Waals surface area contributed by atoms with Crippen LogP contribution in [0.5, 0.6) is 0 Å². The highest BCUT2D eigenvalue weighted by atomic mass is 35.5. The molecule has 0 aliphatic heterocycles. The van der Waals surface area contributed by atoms with Gasteiger partial charge in [-0.1, -0.05) is 23.7 Å². The predicted molar refractivity (Wildman–Crippen MR) is 97.8 cm³/mol. The van der Waals surface area contributed by atoms with Gasteiger partial charge in [0.25, 0.3) is 0 Å². The first-order chi connectivity index (χ1) is 12.2. The number of methoxy groups -OCH3 is 1. The Hall–Kier alpha value is -2.42. The molecular formula is C17H17ClN2O5S. The summed E-state index contributed by atoms with van der Waals surface area (Å²) in [6.07, 6.45) is 0. The van der Waals surface area contributed by atoms with E-state index in [-0.39, 0.29) is 16.1 Å². The molecule has 0 bridgehead atoms. The summed E-state index contributed by atoms with van der Waals surface area (Å²) in [6.45, 7) is 1.18. The predicted octanol–water partition coefficient (Wildman–Crippen LogP) is 2.35. The highest BCUT2D eigenvalue weighted by Gasteiger charge is 2.18. The van der Waals surface area contributed by atoms with E-state index in [2.05, 4.69) is 14.8 Å². The molecule has 9 heteroatoms. The molecule has 0 saturated carbocycles. The minimum absolute atomic E-state index is 0.00200. The van der Waals surface area contributed by atoms with E-state index >= 15 is 0 Å².